The molecule has 2 rings (SSSR count). The Balaban J connectivity index is 2.45. The van der Waals surface area contributed by atoms with Crippen molar-refractivity contribution in [3.63, 3.8) is 0 Å². The fraction of sp³-hybridized carbons (Fsp3) is 0.250. The minimum atomic E-state index is 0.236. The molecule has 3 heteroatoms. The lowest BCUT2D eigenvalue weighted by atomic mass is 10.2. The summed E-state index contributed by atoms with van der Waals surface area (Å²) in [7, 11) is 0. The molecule has 1 aliphatic rings. The fourth-order valence-electron chi connectivity index (χ4n) is 0.997. The van der Waals surface area contributed by atoms with E-state index in [0.29, 0.717) is 0 Å². The molecule has 0 spiro atoms. The first-order chi connectivity index (χ1) is 5.29. The van der Waals surface area contributed by atoms with Gasteiger partial charge in [0.1, 0.15) is 6.10 Å². The summed E-state index contributed by atoms with van der Waals surface area (Å²) in [5.74, 6) is 0. The number of benzene rings is 1. The van der Waals surface area contributed by atoms with Gasteiger partial charge in [-0.1, -0.05) is 23.7 Å². The predicted molar refractivity (Wildman–Crippen MR) is 47.8 cm³/mol. The number of ether oxygens (including phenoxy) is 1. The summed E-state index contributed by atoms with van der Waals surface area (Å²) in [5.41, 5.74) is 1.08. The molecule has 1 aliphatic heterocycles. The molecule has 1 aromatic rings. The van der Waals surface area contributed by atoms with E-state index in [-0.39, 0.29) is 6.10 Å². The van der Waals surface area contributed by atoms with Gasteiger partial charge in [0.25, 0.3) is 0 Å². The van der Waals surface area contributed by atoms with Crippen LogP contribution in [0.25, 0.3) is 0 Å². The third kappa shape index (κ3) is 1.43. The summed E-state index contributed by atoms with van der Waals surface area (Å²) in [6.45, 7) is 0.802. The Morgan fingerprint density at radius 2 is 2.27 bits per heavy atom. The van der Waals surface area contributed by atoms with Crippen molar-refractivity contribution in [3.05, 3.63) is 33.3 Å². The second kappa shape index (κ2) is 2.77. The topological polar surface area (TPSA) is 12.5 Å². The Hall–Kier alpha value is -0.0500. The van der Waals surface area contributed by atoms with E-state index < -0.39 is 0 Å². The average Bonchev–Trinajstić information content (AvgIpc) is 2.77. The normalized spacial score (nSPS) is 21.8. The molecule has 0 aliphatic carbocycles. The Labute approximate surface area is 78.4 Å². The zero-order chi connectivity index (χ0) is 7.84. The minimum Gasteiger partial charge on any atom is -0.368 e. The van der Waals surface area contributed by atoms with E-state index >= 15 is 0 Å². The zero-order valence-corrected chi connectivity index (χ0v) is 8.02. The first kappa shape index (κ1) is 7.59. The summed E-state index contributed by atoms with van der Waals surface area (Å²) in [4.78, 5) is 0. The molecular formula is C8H6BrClO. The van der Waals surface area contributed by atoms with Crippen molar-refractivity contribution in [3.8, 4) is 0 Å². The first-order valence-electron chi connectivity index (χ1n) is 3.34. The molecule has 0 bridgehead atoms. The van der Waals surface area contributed by atoms with Crippen LogP contribution in [-0.4, -0.2) is 6.61 Å². The number of epoxide rings is 1. The van der Waals surface area contributed by atoms with Gasteiger partial charge in [-0.2, -0.15) is 0 Å². The zero-order valence-electron chi connectivity index (χ0n) is 5.68. The molecule has 1 atom stereocenters. The van der Waals surface area contributed by atoms with E-state index in [9.17, 15) is 0 Å². The summed E-state index contributed by atoms with van der Waals surface area (Å²) >= 11 is 9.36. The molecule has 1 nitrogen and oxygen atoms in total. The van der Waals surface area contributed by atoms with E-state index in [2.05, 4.69) is 15.9 Å². The van der Waals surface area contributed by atoms with Crippen molar-refractivity contribution in [2.24, 2.45) is 0 Å². The molecule has 1 fully saturated rings. The van der Waals surface area contributed by atoms with Crippen molar-refractivity contribution in [1.29, 1.82) is 0 Å². The highest BCUT2D eigenvalue weighted by molar-refractivity contribution is 9.10. The first-order valence-corrected chi connectivity index (χ1v) is 4.51. The largest absolute Gasteiger partial charge is 0.368 e. The van der Waals surface area contributed by atoms with E-state index in [0.717, 1.165) is 21.7 Å². The summed E-state index contributed by atoms with van der Waals surface area (Å²) in [6, 6.07) is 5.88. The Bertz CT molecular complexity index is 283. The molecule has 0 unspecified atom stereocenters. The maximum atomic E-state index is 6.00. The highest BCUT2D eigenvalue weighted by Crippen LogP contribution is 2.37. The molecule has 0 radical (unpaired) electrons. The quantitative estimate of drug-likeness (QED) is 0.679. The smallest absolute Gasteiger partial charge is 0.107 e. The van der Waals surface area contributed by atoms with Crippen LogP contribution < -0.4 is 0 Å². The van der Waals surface area contributed by atoms with E-state index in [1.807, 2.05) is 18.2 Å². The van der Waals surface area contributed by atoms with Crippen LogP contribution in [0.5, 0.6) is 0 Å². The van der Waals surface area contributed by atoms with Gasteiger partial charge in [0.05, 0.1) is 11.6 Å². The second-order valence-electron chi connectivity index (χ2n) is 2.47. The van der Waals surface area contributed by atoms with Crippen LogP contribution in [0.15, 0.2) is 22.7 Å². The molecule has 0 N–H and O–H groups in total. The van der Waals surface area contributed by atoms with Crippen LogP contribution in [0.2, 0.25) is 5.02 Å². The van der Waals surface area contributed by atoms with Crippen molar-refractivity contribution in [1.82, 2.24) is 0 Å². The van der Waals surface area contributed by atoms with Crippen molar-refractivity contribution < 1.29 is 4.74 Å². The molecular weight excluding hydrogens is 227 g/mol. The van der Waals surface area contributed by atoms with Gasteiger partial charge in [0.15, 0.2) is 0 Å². The highest BCUT2D eigenvalue weighted by Gasteiger charge is 2.27. The van der Waals surface area contributed by atoms with Gasteiger partial charge in [-0.05, 0) is 22.0 Å². The summed E-state index contributed by atoms with van der Waals surface area (Å²) in [6.07, 6.45) is 0.236. The Morgan fingerprint density at radius 3 is 2.91 bits per heavy atom. The molecule has 1 heterocycles. The van der Waals surface area contributed by atoms with Crippen molar-refractivity contribution in [2.45, 2.75) is 6.10 Å². The lowest BCUT2D eigenvalue weighted by Gasteiger charge is -2.00. The second-order valence-corrected chi connectivity index (χ2v) is 3.70. The molecule has 11 heavy (non-hydrogen) atoms. The van der Waals surface area contributed by atoms with Crippen LogP contribution in [0, 0.1) is 0 Å². The third-order valence-electron chi connectivity index (χ3n) is 1.66. The van der Waals surface area contributed by atoms with Gasteiger partial charge >= 0.3 is 0 Å². The van der Waals surface area contributed by atoms with Crippen LogP contribution >= 0.6 is 27.5 Å². The maximum Gasteiger partial charge on any atom is 0.107 e. The van der Waals surface area contributed by atoms with Crippen LogP contribution in [0.4, 0.5) is 0 Å². The lowest BCUT2D eigenvalue weighted by Crippen LogP contribution is -1.82. The lowest BCUT2D eigenvalue weighted by molar-refractivity contribution is 0.415. The van der Waals surface area contributed by atoms with Gasteiger partial charge in [0, 0.05) is 10.0 Å². The molecule has 0 saturated carbocycles. The number of hydrogen-bond acceptors (Lipinski definition) is 1. The molecule has 1 aromatic carbocycles. The third-order valence-corrected chi connectivity index (χ3v) is 2.97. The van der Waals surface area contributed by atoms with Gasteiger partial charge < -0.3 is 4.74 Å². The molecule has 58 valence electrons. The van der Waals surface area contributed by atoms with Crippen molar-refractivity contribution in [2.75, 3.05) is 6.61 Å². The SMILES string of the molecule is Clc1c(Br)cccc1[C@H]1CO1. The number of rotatable bonds is 1. The van der Waals surface area contributed by atoms with Gasteiger partial charge in [0.2, 0.25) is 0 Å². The Kier molecular flexibility index (Phi) is 1.91. The minimum absolute atomic E-state index is 0.236. The number of halogens is 2. The fourth-order valence-corrected chi connectivity index (χ4v) is 1.63. The van der Waals surface area contributed by atoms with Crippen molar-refractivity contribution >= 4 is 27.5 Å². The average molecular weight is 233 g/mol. The van der Waals surface area contributed by atoms with Gasteiger partial charge in [-0.15, -0.1) is 0 Å². The van der Waals surface area contributed by atoms with Crippen LogP contribution in [0.3, 0.4) is 0 Å². The van der Waals surface area contributed by atoms with Gasteiger partial charge in [-0.3, -0.25) is 0 Å². The summed E-state index contributed by atoms with van der Waals surface area (Å²) < 4.78 is 6.06. The molecule has 0 amide bonds. The monoisotopic (exact) mass is 232 g/mol. The Morgan fingerprint density at radius 1 is 1.55 bits per heavy atom. The highest BCUT2D eigenvalue weighted by atomic mass is 79.9. The van der Waals surface area contributed by atoms with E-state index in [4.69, 9.17) is 16.3 Å². The standard InChI is InChI=1S/C8H6BrClO/c9-6-3-1-2-5(8(6)10)7-4-11-7/h1-3,7H,4H2/t7-/m1/s1. The van der Waals surface area contributed by atoms with E-state index in [1.165, 1.54) is 0 Å². The van der Waals surface area contributed by atoms with E-state index in [1.54, 1.807) is 0 Å². The predicted octanol–water partition coefficient (Wildman–Crippen LogP) is 3.17. The van der Waals surface area contributed by atoms with Gasteiger partial charge in [-0.25, -0.2) is 0 Å². The van der Waals surface area contributed by atoms with Crippen LogP contribution in [-0.2, 0) is 4.74 Å². The number of hydrogen-bond donors (Lipinski definition) is 0. The maximum absolute atomic E-state index is 6.00. The molecule has 1 saturated heterocycles. The summed E-state index contributed by atoms with van der Waals surface area (Å²) in [5, 5.41) is 0.773. The van der Waals surface area contributed by atoms with Crippen LogP contribution in [0.1, 0.15) is 11.7 Å². The molecule has 0 aromatic heterocycles.